The van der Waals surface area contributed by atoms with Gasteiger partial charge >= 0.3 is 0 Å². The Bertz CT molecular complexity index is 238. The van der Waals surface area contributed by atoms with Gasteiger partial charge in [0, 0.05) is 0 Å². The van der Waals surface area contributed by atoms with Crippen LogP contribution in [0.15, 0.2) is 0 Å². The zero-order valence-electron chi connectivity index (χ0n) is 11.2. The van der Waals surface area contributed by atoms with E-state index in [1.165, 1.54) is 12.8 Å². The van der Waals surface area contributed by atoms with Gasteiger partial charge in [0.25, 0.3) is 0 Å². The number of ether oxygens (including phenoxy) is 1. The fraction of sp³-hybridized carbons (Fsp3) is 1.00. The van der Waals surface area contributed by atoms with Crippen molar-refractivity contribution in [2.24, 2.45) is 11.8 Å². The quantitative estimate of drug-likeness (QED) is 0.793. The molecule has 0 bridgehead atoms. The van der Waals surface area contributed by atoms with E-state index in [4.69, 9.17) is 4.74 Å². The minimum absolute atomic E-state index is 0.375. The molecule has 1 saturated heterocycles. The van der Waals surface area contributed by atoms with Gasteiger partial charge in [-0.3, -0.25) is 0 Å². The van der Waals surface area contributed by atoms with Crippen molar-refractivity contribution in [1.82, 2.24) is 5.32 Å². The van der Waals surface area contributed by atoms with Crippen LogP contribution in [0, 0.1) is 11.8 Å². The summed E-state index contributed by atoms with van der Waals surface area (Å²) in [7, 11) is 0. The van der Waals surface area contributed by atoms with Crippen molar-refractivity contribution in [1.29, 1.82) is 0 Å². The largest absolute Gasteiger partial charge is 0.387 e. The summed E-state index contributed by atoms with van der Waals surface area (Å²) in [5, 5.41) is 13.6. The monoisotopic (exact) mass is 241 g/mol. The Morgan fingerprint density at radius 2 is 1.88 bits per heavy atom. The maximum Gasteiger partial charge on any atom is 0.0904 e. The highest BCUT2D eigenvalue weighted by atomic mass is 16.5. The Morgan fingerprint density at radius 3 is 2.53 bits per heavy atom. The van der Waals surface area contributed by atoms with E-state index >= 15 is 0 Å². The molecule has 2 rings (SSSR count). The molecule has 17 heavy (non-hydrogen) atoms. The molecule has 2 fully saturated rings. The first-order chi connectivity index (χ1) is 8.09. The van der Waals surface area contributed by atoms with E-state index < -0.39 is 5.60 Å². The number of hydrogen-bond acceptors (Lipinski definition) is 3. The second-order valence-corrected chi connectivity index (χ2v) is 6.17. The average molecular weight is 241 g/mol. The van der Waals surface area contributed by atoms with Gasteiger partial charge in [-0.25, -0.2) is 0 Å². The Labute approximate surface area is 105 Å². The summed E-state index contributed by atoms with van der Waals surface area (Å²) < 4.78 is 5.97. The molecule has 3 heteroatoms. The van der Waals surface area contributed by atoms with Crippen LogP contribution in [0.5, 0.6) is 0 Å². The lowest BCUT2D eigenvalue weighted by atomic mass is 9.80. The van der Waals surface area contributed by atoms with Gasteiger partial charge in [-0.15, -0.1) is 0 Å². The van der Waals surface area contributed by atoms with Crippen LogP contribution in [0.4, 0.5) is 0 Å². The third kappa shape index (κ3) is 3.67. The van der Waals surface area contributed by atoms with Gasteiger partial charge in [0.1, 0.15) is 0 Å². The minimum Gasteiger partial charge on any atom is -0.387 e. The maximum absolute atomic E-state index is 10.4. The molecule has 2 N–H and O–H groups in total. The molecule has 0 radical (unpaired) electrons. The molecule has 3 atom stereocenters. The fourth-order valence-corrected chi connectivity index (χ4v) is 2.96. The number of piperidine rings is 1. The summed E-state index contributed by atoms with van der Waals surface area (Å²) in [4.78, 5) is 0. The highest BCUT2D eigenvalue weighted by Gasteiger charge is 2.32. The van der Waals surface area contributed by atoms with Crippen molar-refractivity contribution in [3.63, 3.8) is 0 Å². The molecule has 0 aromatic rings. The van der Waals surface area contributed by atoms with Crippen molar-refractivity contribution in [2.45, 2.75) is 57.7 Å². The predicted molar refractivity (Wildman–Crippen MR) is 69.0 cm³/mol. The first-order valence-electron chi connectivity index (χ1n) is 7.14. The van der Waals surface area contributed by atoms with Crippen LogP contribution in [0.2, 0.25) is 0 Å². The molecule has 1 aliphatic heterocycles. The van der Waals surface area contributed by atoms with E-state index in [0.29, 0.717) is 12.7 Å². The third-order valence-corrected chi connectivity index (χ3v) is 4.67. The standard InChI is InChI=1S/C14H27NO2/c1-11-3-4-13(9-12(11)2)17-10-14(16)5-7-15-8-6-14/h11-13,15-16H,3-10H2,1-2H3. The lowest BCUT2D eigenvalue weighted by Crippen LogP contribution is -2.46. The Morgan fingerprint density at radius 1 is 1.18 bits per heavy atom. The van der Waals surface area contributed by atoms with Crippen molar-refractivity contribution in [3.8, 4) is 0 Å². The molecule has 1 saturated carbocycles. The van der Waals surface area contributed by atoms with Gasteiger partial charge in [-0.1, -0.05) is 13.8 Å². The summed E-state index contributed by atoms with van der Waals surface area (Å²) in [5.41, 5.74) is -0.572. The van der Waals surface area contributed by atoms with E-state index in [0.717, 1.165) is 44.2 Å². The van der Waals surface area contributed by atoms with E-state index in [1.54, 1.807) is 0 Å². The van der Waals surface area contributed by atoms with Crippen LogP contribution in [0.25, 0.3) is 0 Å². The SMILES string of the molecule is CC1CCC(OCC2(O)CCNCC2)CC1C. The van der Waals surface area contributed by atoms with E-state index in [2.05, 4.69) is 19.2 Å². The minimum atomic E-state index is -0.572. The van der Waals surface area contributed by atoms with Crippen molar-refractivity contribution in [2.75, 3.05) is 19.7 Å². The van der Waals surface area contributed by atoms with E-state index in [1.807, 2.05) is 0 Å². The van der Waals surface area contributed by atoms with Crippen LogP contribution in [0.1, 0.15) is 46.0 Å². The zero-order valence-corrected chi connectivity index (χ0v) is 11.2. The molecular formula is C14H27NO2. The molecule has 0 aromatic carbocycles. The Kier molecular flexibility index (Phi) is 4.45. The second-order valence-electron chi connectivity index (χ2n) is 6.17. The van der Waals surface area contributed by atoms with Gasteiger partial charge in [0.15, 0.2) is 0 Å². The Balaban J connectivity index is 1.74. The van der Waals surface area contributed by atoms with Crippen LogP contribution < -0.4 is 5.32 Å². The Hall–Kier alpha value is -0.120. The summed E-state index contributed by atoms with van der Waals surface area (Å²) >= 11 is 0. The van der Waals surface area contributed by atoms with Gasteiger partial charge in [0.2, 0.25) is 0 Å². The molecule has 0 aromatic heterocycles. The van der Waals surface area contributed by atoms with Crippen LogP contribution >= 0.6 is 0 Å². The first-order valence-corrected chi connectivity index (χ1v) is 7.14. The smallest absolute Gasteiger partial charge is 0.0904 e. The second kappa shape index (κ2) is 5.68. The molecule has 100 valence electrons. The summed E-state index contributed by atoms with van der Waals surface area (Å²) in [5.74, 6) is 1.59. The lowest BCUT2D eigenvalue weighted by Gasteiger charge is -2.36. The predicted octanol–water partition coefficient (Wildman–Crippen LogP) is 1.94. The lowest BCUT2D eigenvalue weighted by molar-refractivity contribution is -0.100. The molecule has 1 heterocycles. The van der Waals surface area contributed by atoms with Gasteiger partial charge < -0.3 is 15.2 Å². The number of rotatable bonds is 3. The number of nitrogens with one attached hydrogen (secondary N) is 1. The normalized spacial score (nSPS) is 37.9. The molecule has 0 spiro atoms. The van der Waals surface area contributed by atoms with Crippen molar-refractivity contribution < 1.29 is 9.84 Å². The summed E-state index contributed by atoms with van der Waals surface area (Å²) in [6.45, 7) is 7.01. The molecule has 2 aliphatic rings. The van der Waals surface area contributed by atoms with Crippen LogP contribution in [0.3, 0.4) is 0 Å². The van der Waals surface area contributed by atoms with Crippen molar-refractivity contribution >= 4 is 0 Å². The van der Waals surface area contributed by atoms with Gasteiger partial charge in [0.05, 0.1) is 18.3 Å². The molecule has 3 nitrogen and oxygen atoms in total. The highest BCUT2D eigenvalue weighted by Crippen LogP contribution is 2.31. The topological polar surface area (TPSA) is 41.5 Å². The summed E-state index contributed by atoms with van der Waals surface area (Å²) in [6.07, 6.45) is 5.62. The molecule has 0 amide bonds. The zero-order chi connectivity index (χ0) is 12.3. The first kappa shape index (κ1) is 13.3. The van der Waals surface area contributed by atoms with E-state index in [-0.39, 0.29) is 0 Å². The number of aliphatic hydroxyl groups is 1. The van der Waals surface area contributed by atoms with Gasteiger partial charge in [-0.2, -0.15) is 0 Å². The maximum atomic E-state index is 10.4. The van der Waals surface area contributed by atoms with E-state index in [9.17, 15) is 5.11 Å². The molecular weight excluding hydrogens is 214 g/mol. The third-order valence-electron chi connectivity index (χ3n) is 4.67. The average Bonchev–Trinajstić information content (AvgIpc) is 2.32. The number of hydrogen-bond donors (Lipinski definition) is 2. The van der Waals surface area contributed by atoms with Crippen molar-refractivity contribution in [3.05, 3.63) is 0 Å². The van der Waals surface area contributed by atoms with Crippen LogP contribution in [-0.4, -0.2) is 36.5 Å². The fourth-order valence-electron chi connectivity index (χ4n) is 2.96. The molecule has 1 aliphatic carbocycles. The van der Waals surface area contributed by atoms with Crippen LogP contribution in [-0.2, 0) is 4.74 Å². The van der Waals surface area contributed by atoms with Gasteiger partial charge in [-0.05, 0) is 57.0 Å². The summed E-state index contributed by atoms with van der Waals surface area (Å²) in [6, 6.07) is 0. The molecule has 3 unspecified atom stereocenters. The highest BCUT2D eigenvalue weighted by molar-refractivity contribution is 4.85.